The molecule has 130 valence electrons. The number of hydrogen-bond acceptors (Lipinski definition) is 3. The number of nitrogens with zero attached hydrogens (tertiary/aromatic N) is 2. The second-order valence-corrected chi connectivity index (χ2v) is 6.80. The van der Waals surface area contributed by atoms with E-state index in [-0.39, 0.29) is 17.9 Å². The summed E-state index contributed by atoms with van der Waals surface area (Å²) in [6.07, 6.45) is 2.67. The standard InChI is InChI=1S/C18H23ClN2O3/c19-15-6-4-14(5-7-15)13-17(22)20-8-2-9-21(11-10-20)18(23)16-3-1-12-24-16/h4-7,16H,1-3,8-13H2. The Morgan fingerprint density at radius 2 is 1.75 bits per heavy atom. The summed E-state index contributed by atoms with van der Waals surface area (Å²) in [4.78, 5) is 28.7. The van der Waals surface area contributed by atoms with Gasteiger partial charge in [-0.1, -0.05) is 23.7 Å². The van der Waals surface area contributed by atoms with Crippen molar-refractivity contribution >= 4 is 23.4 Å². The van der Waals surface area contributed by atoms with Crippen molar-refractivity contribution in [2.75, 3.05) is 32.8 Å². The highest BCUT2D eigenvalue weighted by molar-refractivity contribution is 6.30. The molecule has 0 bridgehead atoms. The van der Waals surface area contributed by atoms with Crippen molar-refractivity contribution in [2.45, 2.75) is 31.8 Å². The number of carbonyl (C=O) groups excluding carboxylic acids is 2. The van der Waals surface area contributed by atoms with Gasteiger partial charge in [-0.25, -0.2) is 0 Å². The monoisotopic (exact) mass is 350 g/mol. The van der Waals surface area contributed by atoms with Crippen LogP contribution in [0.15, 0.2) is 24.3 Å². The molecule has 0 aromatic heterocycles. The predicted molar refractivity (Wildman–Crippen MR) is 91.9 cm³/mol. The normalized spacial score (nSPS) is 21.6. The molecule has 2 saturated heterocycles. The van der Waals surface area contributed by atoms with Crippen LogP contribution in [0.25, 0.3) is 0 Å². The van der Waals surface area contributed by atoms with Crippen LogP contribution in [0.3, 0.4) is 0 Å². The van der Waals surface area contributed by atoms with Gasteiger partial charge in [0.15, 0.2) is 0 Å². The van der Waals surface area contributed by atoms with Gasteiger partial charge in [-0.3, -0.25) is 9.59 Å². The summed E-state index contributed by atoms with van der Waals surface area (Å²) in [5.41, 5.74) is 0.959. The van der Waals surface area contributed by atoms with Gasteiger partial charge < -0.3 is 14.5 Å². The molecule has 2 heterocycles. The first kappa shape index (κ1) is 17.2. The highest BCUT2D eigenvalue weighted by atomic mass is 35.5. The van der Waals surface area contributed by atoms with E-state index < -0.39 is 0 Å². The van der Waals surface area contributed by atoms with E-state index in [0.717, 1.165) is 24.8 Å². The van der Waals surface area contributed by atoms with E-state index in [9.17, 15) is 9.59 Å². The van der Waals surface area contributed by atoms with Crippen molar-refractivity contribution in [3.8, 4) is 0 Å². The van der Waals surface area contributed by atoms with Gasteiger partial charge in [0, 0.05) is 37.8 Å². The Balaban J connectivity index is 1.53. The quantitative estimate of drug-likeness (QED) is 0.839. The maximum Gasteiger partial charge on any atom is 0.251 e. The van der Waals surface area contributed by atoms with Gasteiger partial charge in [-0.05, 0) is 37.0 Å². The van der Waals surface area contributed by atoms with Crippen molar-refractivity contribution in [3.63, 3.8) is 0 Å². The molecule has 6 heteroatoms. The van der Waals surface area contributed by atoms with Crippen LogP contribution in [0.4, 0.5) is 0 Å². The first-order chi connectivity index (χ1) is 11.6. The fraction of sp³-hybridized carbons (Fsp3) is 0.556. The molecule has 1 aromatic rings. The zero-order valence-electron chi connectivity index (χ0n) is 13.7. The SMILES string of the molecule is O=C(Cc1ccc(Cl)cc1)N1CCCN(C(=O)C2CCCO2)CC1. The average molecular weight is 351 g/mol. The van der Waals surface area contributed by atoms with Crippen LogP contribution in [0, 0.1) is 0 Å². The number of benzene rings is 1. The second-order valence-electron chi connectivity index (χ2n) is 6.36. The summed E-state index contributed by atoms with van der Waals surface area (Å²) in [7, 11) is 0. The van der Waals surface area contributed by atoms with E-state index in [1.807, 2.05) is 21.9 Å². The minimum absolute atomic E-state index is 0.0829. The molecule has 0 radical (unpaired) electrons. The largest absolute Gasteiger partial charge is 0.368 e. The van der Waals surface area contributed by atoms with Crippen LogP contribution in [-0.2, 0) is 20.7 Å². The van der Waals surface area contributed by atoms with Crippen LogP contribution >= 0.6 is 11.6 Å². The Bertz CT molecular complexity index is 584. The summed E-state index contributed by atoms with van der Waals surface area (Å²) >= 11 is 5.87. The molecule has 2 fully saturated rings. The molecule has 0 aliphatic carbocycles. The van der Waals surface area contributed by atoms with E-state index >= 15 is 0 Å². The molecule has 0 spiro atoms. The van der Waals surface area contributed by atoms with E-state index in [4.69, 9.17) is 16.3 Å². The van der Waals surface area contributed by atoms with E-state index in [1.54, 1.807) is 12.1 Å². The van der Waals surface area contributed by atoms with Gasteiger partial charge in [0.1, 0.15) is 6.10 Å². The van der Waals surface area contributed by atoms with Crippen molar-refractivity contribution < 1.29 is 14.3 Å². The van der Waals surface area contributed by atoms with Crippen molar-refractivity contribution in [3.05, 3.63) is 34.9 Å². The predicted octanol–water partition coefficient (Wildman–Crippen LogP) is 2.12. The Morgan fingerprint density at radius 3 is 2.46 bits per heavy atom. The van der Waals surface area contributed by atoms with Gasteiger partial charge in [0.25, 0.3) is 5.91 Å². The number of hydrogen-bond donors (Lipinski definition) is 0. The van der Waals surface area contributed by atoms with Crippen LogP contribution < -0.4 is 0 Å². The molecule has 2 aliphatic heterocycles. The lowest BCUT2D eigenvalue weighted by Gasteiger charge is -2.24. The summed E-state index contributed by atoms with van der Waals surface area (Å²) in [5.74, 6) is 0.184. The number of carbonyl (C=O) groups is 2. The Labute approximate surface area is 147 Å². The van der Waals surface area contributed by atoms with Crippen LogP contribution in [0.1, 0.15) is 24.8 Å². The van der Waals surface area contributed by atoms with Gasteiger partial charge >= 0.3 is 0 Å². The molecule has 0 N–H and O–H groups in total. The van der Waals surface area contributed by atoms with Crippen LogP contribution in [0.2, 0.25) is 5.02 Å². The topological polar surface area (TPSA) is 49.9 Å². The highest BCUT2D eigenvalue weighted by Gasteiger charge is 2.30. The third kappa shape index (κ3) is 4.28. The summed E-state index contributed by atoms with van der Waals surface area (Å²) in [6, 6.07) is 7.36. The zero-order chi connectivity index (χ0) is 16.9. The van der Waals surface area contributed by atoms with Gasteiger partial charge in [0.2, 0.25) is 5.91 Å². The fourth-order valence-electron chi connectivity index (χ4n) is 3.25. The molecule has 24 heavy (non-hydrogen) atoms. The second kappa shape index (κ2) is 7.99. The lowest BCUT2D eigenvalue weighted by molar-refractivity contribution is -0.141. The lowest BCUT2D eigenvalue weighted by atomic mass is 10.1. The van der Waals surface area contributed by atoms with Crippen LogP contribution in [0.5, 0.6) is 0 Å². The Morgan fingerprint density at radius 1 is 1.04 bits per heavy atom. The van der Waals surface area contributed by atoms with Gasteiger partial charge in [0.05, 0.1) is 6.42 Å². The third-order valence-corrected chi connectivity index (χ3v) is 4.89. The molecule has 3 rings (SSSR count). The first-order valence-electron chi connectivity index (χ1n) is 8.56. The summed E-state index contributed by atoms with van der Waals surface area (Å²) < 4.78 is 5.49. The van der Waals surface area contributed by atoms with Crippen molar-refractivity contribution in [2.24, 2.45) is 0 Å². The minimum atomic E-state index is -0.277. The molecule has 2 aliphatic rings. The van der Waals surface area contributed by atoms with E-state index in [1.165, 1.54) is 0 Å². The molecular formula is C18H23ClN2O3. The smallest absolute Gasteiger partial charge is 0.251 e. The molecule has 2 amide bonds. The molecule has 1 atom stereocenters. The molecule has 0 saturated carbocycles. The maximum atomic E-state index is 12.5. The highest BCUT2D eigenvalue weighted by Crippen LogP contribution is 2.17. The summed E-state index contributed by atoms with van der Waals surface area (Å²) in [5, 5.41) is 0.671. The molecule has 1 aromatic carbocycles. The van der Waals surface area contributed by atoms with Crippen molar-refractivity contribution in [1.82, 2.24) is 9.80 Å². The lowest BCUT2D eigenvalue weighted by Crippen LogP contribution is -2.42. The Kier molecular flexibility index (Phi) is 5.74. The number of rotatable bonds is 3. The average Bonchev–Trinajstić information content (AvgIpc) is 3.00. The van der Waals surface area contributed by atoms with Crippen molar-refractivity contribution in [1.29, 1.82) is 0 Å². The zero-order valence-corrected chi connectivity index (χ0v) is 14.5. The number of ether oxygens (including phenoxy) is 1. The minimum Gasteiger partial charge on any atom is -0.368 e. The fourth-order valence-corrected chi connectivity index (χ4v) is 3.38. The summed E-state index contributed by atoms with van der Waals surface area (Å²) in [6.45, 7) is 3.25. The number of halogens is 1. The van der Waals surface area contributed by atoms with E-state index in [2.05, 4.69) is 0 Å². The van der Waals surface area contributed by atoms with E-state index in [0.29, 0.717) is 44.2 Å². The Hall–Kier alpha value is -1.59. The molecule has 5 nitrogen and oxygen atoms in total. The van der Waals surface area contributed by atoms with Crippen LogP contribution in [-0.4, -0.2) is 60.5 Å². The molecular weight excluding hydrogens is 328 g/mol. The molecule has 1 unspecified atom stereocenters. The van der Waals surface area contributed by atoms with Gasteiger partial charge in [-0.15, -0.1) is 0 Å². The number of amides is 2. The van der Waals surface area contributed by atoms with Gasteiger partial charge in [-0.2, -0.15) is 0 Å². The third-order valence-electron chi connectivity index (χ3n) is 4.63. The maximum absolute atomic E-state index is 12.5. The first-order valence-corrected chi connectivity index (χ1v) is 8.94.